The van der Waals surface area contributed by atoms with E-state index in [2.05, 4.69) is 0 Å². The number of carbonyl (C=O) groups excluding carboxylic acids is 1. The predicted molar refractivity (Wildman–Crippen MR) is 63.1 cm³/mol. The molecule has 0 fully saturated rings. The van der Waals surface area contributed by atoms with Crippen molar-refractivity contribution in [3.63, 3.8) is 0 Å². The Morgan fingerprint density at radius 1 is 1.06 bits per heavy atom. The normalized spacial score (nSPS) is 16.7. The van der Waals surface area contributed by atoms with E-state index in [9.17, 15) is 9.59 Å². The van der Waals surface area contributed by atoms with Gasteiger partial charge in [-0.15, -0.1) is 0 Å². The van der Waals surface area contributed by atoms with Crippen molar-refractivity contribution in [2.45, 2.75) is 0 Å². The minimum Gasteiger partial charge on any atom is -0.478 e. The monoisotopic (exact) mass is 224 g/mol. The van der Waals surface area contributed by atoms with Crippen LogP contribution in [0.5, 0.6) is 0 Å². The van der Waals surface area contributed by atoms with Gasteiger partial charge >= 0.3 is 5.97 Å². The van der Waals surface area contributed by atoms with Crippen LogP contribution in [0.3, 0.4) is 0 Å². The number of benzene rings is 1. The highest BCUT2D eigenvalue weighted by molar-refractivity contribution is 6.33. The molecule has 0 bridgehead atoms. The van der Waals surface area contributed by atoms with E-state index in [0.717, 1.165) is 16.7 Å². The van der Waals surface area contributed by atoms with Crippen LogP contribution in [-0.2, 0) is 9.59 Å². The second-order valence-corrected chi connectivity index (χ2v) is 3.94. The number of rotatable bonds is 1. The number of carboxylic acid groups (broad SMARTS) is 1. The van der Waals surface area contributed by atoms with Crippen LogP contribution in [0.1, 0.15) is 11.1 Å². The molecule has 0 aromatic heterocycles. The highest BCUT2D eigenvalue weighted by Gasteiger charge is 2.30. The molecule has 0 unspecified atom stereocenters. The van der Waals surface area contributed by atoms with Gasteiger partial charge in [0, 0.05) is 5.57 Å². The summed E-state index contributed by atoms with van der Waals surface area (Å²) in [7, 11) is 0. The number of hydrogen-bond donors (Lipinski definition) is 1. The average Bonchev–Trinajstić information content (AvgIpc) is 2.69. The van der Waals surface area contributed by atoms with Crippen LogP contribution >= 0.6 is 0 Å². The van der Waals surface area contributed by atoms with E-state index in [1.54, 1.807) is 12.2 Å². The lowest BCUT2D eigenvalue weighted by Crippen LogP contribution is -2.16. The third-order valence-electron chi connectivity index (χ3n) is 2.98. The van der Waals surface area contributed by atoms with E-state index in [4.69, 9.17) is 5.11 Å². The lowest BCUT2D eigenvalue weighted by molar-refractivity contribution is -0.134. The number of carboxylic acids is 1. The van der Waals surface area contributed by atoms with Gasteiger partial charge in [0.05, 0.1) is 0 Å². The van der Waals surface area contributed by atoms with Crippen LogP contribution < -0.4 is 0 Å². The quantitative estimate of drug-likeness (QED) is 0.743. The fraction of sp³-hybridized carbons (Fsp3) is 0. The molecule has 0 saturated heterocycles. The Labute approximate surface area is 97.4 Å². The highest BCUT2D eigenvalue weighted by Crippen LogP contribution is 2.38. The maximum atomic E-state index is 12.0. The summed E-state index contributed by atoms with van der Waals surface area (Å²) in [6.07, 6.45) is 4.82. The number of aliphatic carboxylic acids is 1. The minimum absolute atomic E-state index is 0.173. The largest absolute Gasteiger partial charge is 0.478 e. The maximum Gasteiger partial charge on any atom is 0.339 e. The SMILES string of the molecule is O=C(O)C1=CC=C2C(=Cc3ccccc32)C1=O. The van der Waals surface area contributed by atoms with Crippen LogP contribution in [0.2, 0.25) is 0 Å². The Morgan fingerprint density at radius 2 is 1.82 bits per heavy atom. The molecule has 0 aliphatic heterocycles. The molecule has 3 heteroatoms. The van der Waals surface area contributed by atoms with E-state index in [0.29, 0.717) is 5.57 Å². The van der Waals surface area contributed by atoms with Crippen molar-refractivity contribution in [1.82, 2.24) is 0 Å². The molecule has 0 saturated carbocycles. The molecule has 17 heavy (non-hydrogen) atoms. The lowest BCUT2D eigenvalue weighted by atomic mass is 9.91. The Hall–Kier alpha value is -2.42. The molecule has 0 heterocycles. The minimum atomic E-state index is -1.18. The van der Waals surface area contributed by atoms with Gasteiger partial charge in [-0.05, 0) is 28.9 Å². The van der Waals surface area contributed by atoms with E-state index in [-0.39, 0.29) is 5.57 Å². The molecular formula is C14H8O3. The van der Waals surface area contributed by atoms with Gasteiger partial charge in [0.25, 0.3) is 0 Å². The molecule has 1 N–H and O–H groups in total. The summed E-state index contributed by atoms with van der Waals surface area (Å²) < 4.78 is 0. The van der Waals surface area contributed by atoms with Crippen molar-refractivity contribution >= 4 is 23.4 Å². The van der Waals surface area contributed by atoms with Gasteiger partial charge in [0.15, 0.2) is 0 Å². The zero-order valence-corrected chi connectivity index (χ0v) is 8.81. The van der Waals surface area contributed by atoms with Gasteiger partial charge in [0.2, 0.25) is 5.78 Å². The first-order valence-electron chi connectivity index (χ1n) is 5.20. The van der Waals surface area contributed by atoms with Crippen LogP contribution in [-0.4, -0.2) is 16.9 Å². The molecule has 1 aromatic rings. The lowest BCUT2D eigenvalue weighted by Gasteiger charge is -2.10. The number of Topliss-reactive ketones (excluding diaryl/α,β-unsaturated/α-hetero) is 1. The zero-order valence-electron chi connectivity index (χ0n) is 8.81. The maximum absolute atomic E-state index is 12.0. The van der Waals surface area contributed by atoms with Gasteiger partial charge in [-0.2, -0.15) is 0 Å². The molecule has 3 nitrogen and oxygen atoms in total. The van der Waals surface area contributed by atoms with Gasteiger partial charge in [0.1, 0.15) is 5.57 Å². The molecule has 0 spiro atoms. The summed E-state index contributed by atoms with van der Waals surface area (Å²) >= 11 is 0. The molecule has 3 rings (SSSR count). The van der Waals surface area contributed by atoms with Gasteiger partial charge in [-0.25, -0.2) is 4.79 Å². The summed E-state index contributed by atoms with van der Waals surface area (Å²) in [6, 6.07) is 7.63. The summed E-state index contributed by atoms with van der Waals surface area (Å²) in [6.45, 7) is 0. The first-order valence-corrected chi connectivity index (χ1v) is 5.20. The zero-order chi connectivity index (χ0) is 12.0. The van der Waals surface area contributed by atoms with Crippen molar-refractivity contribution in [3.8, 4) is 0 Å². The summed E-state index contributed by atoms with van der Waals surface area (Å²) in [4.78, 5) is 22.8. The summed E-state index contributed by atoms with van der Waals surface area (Å²) in [5, 5.41) is 8.90. The predicted octanol–water partition coefficient (Wildman–Crippen LogP) is 2.06. The third kappa shape index (κ3) is 1.29. The van der Waals surface area contributed by atoms with E-state index in [1.165, 1.54) is 6.08 Å². The van der Waals surface area contributed by atoms with Crippen LogP contribution in [0.15, 0.2) is 47.6 Å². The number of ketones is 1. The van der Waals surface area contributed by atoms with Crippen LogP contribution in [0.4, 0.5) is 0 Å². The topological polar surface area (TPSA) is 54.4 Å². The molecule has 0 atom stereocenters. The van der Waals surface area contributed by atoms with Crippen molar-refractivity contribution in [1.29, 1.82) is 0 Å². The average molecular weight is 224 g/mol. The van der Waals surface area contributed by atoms with Crippen molar-refractivity contribution in [2.75, 3.05) is 0 Å². The third-order valence-corrected chi connectivity index (χ3v) is 2.98. The molecular weight excluding hydrogens is 216 g/mol. The van der Waals surface area contributed by atoms with Crippen molar-refractivity contribution in [2.24, 2.45) is 0 Å². The molecule has 82 valence electrons. The van der Waals surface area contributed by atoms with E-state index in [1.807, 2.05) is 24.3 Å². The van der Waals surface area contributed by atoms with E-state index < -0.39 is 11.8 Å². The van der Waals surface area contributed by atoms with Gasteiger partial charge in [-0.3, -0.25) is 4.79 Å². The second-order valence-electron chi connectivity index (χ2n) is 3.94. The first kappa shape index (κ1) is 9.78. The Morgan fingerprint density at radius 3 is 2.59 bits per heavy atom. The van der Waals surface area contributed by atoms with Crippen LogP contribution in [0, 0.1) is 0 Å². The standard InChI is InChI=1S/C14H8O3/c15-13-11(14(16)17)6-5-10-9-4-2-1-3-8(9)7-12(10)13/h1-7H,(H,16,17). The molecule has 2 aliphatic rings. The van der Waals surface area contributed by atoms with Gasteiger partial charge in [-0.1, -0.05) is 30.3 Å². The van der Waals surface area contributed by atoms with Crippen LogP contribution in [0.25, 0.3) is 11.6 Å². The van der Waals surface area contributed by atoms with Crippen molar-refractivity contribution < 1.29 is 14.7 Å². The number of hydrogen-bond acceptors (Lipinski definition) is 2. The Bertz CT molecular complexity index is 645. The Kier molecular flexibility index (Phi) is 1.89. The Balaban J connectivity index is 2.19. The molecule has 1 aromatic carbocycles. The fourth-order valence-corrected chi connectivity index (χ4v) is 2.17. The molecule has 0 amide bonds. The highest BCUT2D eigenvalue weighted by atomic mass is 16.4. The number of allylic oxidation sites excluding steroid dienone is 4. The second kappa shape index (κ2) is 3.28. The van der Waals surface area contributed by atoms with Gasteiger partial charge < -0.3 is 5.11 Å². The molecule has 2 aliphatic carbocycles. The molecule has 0 radical (unpaired) electrons. The van der Waals surface area contributed by atoms with Crippen molar-refractivity contribution in [3.05, 3.63) is 58.7 Å². The summed E-state index contributed by atoms with van der Waals surface area (Å²) in [5.74, 6) is -1.59. The van der Waals surface area contributed by atoms with E-state index >= 15 is 0 Å². The smallest absolute Gasteiger partial charge is 0.339 e. The number of carbonyl (C=O) groups is 2. The summed E-state index contributed by atoms with van der Waals surface area (Å²) in [5.41, 5.74) is 3.06. The first-order chi connectivity index (χ1) is 8.18. The number of fused-ring (bicyclic) bond motifs is 3. The fourth-order valence-electron chi connectivity index (χ4n) is 2.17.